The number of oxime groups is 1. The van der Waals surface area contributed by atoms with Crippen LogP contribution in [0.5, 0.6) is 0 Å². The van der Waals surface area contributed by atoms with E-state index in [1.54, 1.807) is 0 Å². The Morgan fingerprint density at radius 1 is 1.38 bits per heavy atom. The zero-order valence-electron chi connectivity index (χ0n) is 9.13. The predicted molar refractivity (Wildman–Crippen MR) is 74.0 cm³/mol. The van der Waals surface area contributed by atoms with Gasteiger partial charge in [-0.1, -0.05) is 25.9 Å². The van der Waals surface area contributed by atoms with Gasteiger partial charge in [-0.3, -0.25) is 0 Å². The summed E-state index contributed by atoms with van der Waals surface area (Å²) in [6.45, 7) is 6.46. The van der Waals surface area contributed by atoms with Gasteiger partial charge in [0.05, 0.1) is 12.3 Å². The summed E-state index contributed by atoms with van der Waals surface area (Å²) >= 11 is 10.1. The van der Waals surface area contributed by atoms with E-state index >= 15 is 0 Å². The van der Waals surface area contributed by atoms with Gasteiger partial charge in [-0.05, 0) is 47.8 Å². The maximum absolute atomic E-state index is 9.02. The summed E-state index contributed by atoms with van der Waals surface area (Å²) in [5, 5.41) is 12.4. The van der Waals surface area contributed by atoms with Crippen LogP contribution in [0.1, 0.15) is 20.8 Å². The van der Waals surface area contributed by atoms with Crippen LogP contribution in [-0.4, -0.2) is 20.5 Å². The first-order chi connectivity index (χ1) is 7.27. The first-order valence-electron chi connectivity index (χ1n) is 4.55. The molecular formula is C9H12Br3N3O. The predicted octanol–water partition coefficient (Wildman–Crippen LogP) is 4.05. The van der Waals surface area contributed by atoms with Crippen molar-refractivity contribution in [2.45, 2.75) is 27.3 Å². The first kappa shape index (κ1) is 14.2. The number of halogens is 3. The summed E-state index contributed by atoms with van der Waals surface area (Å²) in [6, 6.07) is 0. The normalized spacial score (nSPS) is 13.2. The summed E-state index contributed by atoms with van der Waals surface area (Å²) < 4.78 is 4.07. The Hall–Kier alpha value is 0.120. The van der Waals surface area contributed by atoms with Gasteiger partial charge in [0.1, 0.15) is 9.21 Å². The molecule has 0 radical (unpaired) electrons. The van der Waals surface area contributed by atoms with Crippen molar-refractivity contribution >= 4 is 53.5 Å². The highest BCUT2D eigenvalue weighted by Crippen LogP contribution is 2.28. The lowest BCUT2D eigenvalue weighted by atomic mass is 9.90. The van der Waals surface area contributed by atoms with E-state index in [1.807, 2.05) is 25.3 Å². The van der Waals surface area contributed by atoms with Gasteiger partial charge in [0.15, 0.2) is 4.73 Å². The fraction of sp³-hybridized carbons (Fsp3) is 0.556. The molecule has 0 saturated carbocycles. The van der Waals surface area contributed by atoms with Crippen molar-refractivity contribution in [1.29, 1.82) is 0 Å². The van der Waals surface area contributed by atoms with E-state index in [-0.39, 0.29) is 5.41 Å². The molecule has 1 rings (SSSR count). The molecule has 0 aliphatic rings. The minimum absolute atomic E-state index is 0.190. The quantitative estimate of drug-likeness (QED) is 0.448. The maximum atomic E-state index is 9.02. The van der Waals surface area contributed by atoms with Gasteiger partial charge in [-0.2, -0.15) is 0 Å². The van der Waals surface area contributed by atoms with E-state index in [9.17, 15) is 0 Å². The molecule has 0 atom stereocenters. The van der Waals surface area contributed by atoms with E-state index < -0.39 is 0 Å². The van der Waals surface area contributed by atoms with Crippen molar-refractivity contribution in [2.75, 3.05) is 0 Å². The van der Waals surface area contributed by atoms with Gasteiger partial charge < -0.3 is 9.77 Å². The van der Waals surface area contributed by atoms with Crippen LogP contribution in [0.25, 0.3) is 0 Å². The number of imidazole rings is 1. The van der Waals surface area contributed by atoms with Gasteiger partial charge in [0, 0.05) is 5.41 Å². The van der Waals surface area contributed by atoms with Crippen LogP contribution >= 0.6 is 47.8 Å². The highest BCUT2D eigenvalue weighted by atomic mass is 79.9. The molecule has 4 nitrogen and oxygen atoms in total. The monoisotopic (exact) mass is 415 g/mol. The number of rotatable bonds is 2. The molecule has 0 unspecified atom stereocenters. The highest BCUT2D eigenvalue weighted by Gasteiger charge is 2.22. The summed E-state index contributed by atoms with van der Waals surface area (Å²) in [4.78, 5) is 4.19. The van der Waals surface area contributed by atoms with Crippen LogP contribution in [0.2, 0.25) is 0 Å². The van der Waals surface area contributed by atoms with Crippen molar-refractivity contribution < 1.29 is 5.21 Å². The molecule has 0 bridgehead atoms. The van der Waals surface area contributed by atoms with Crippen LogP contribution in [0.3, 0.4) is 0 Å². The van der Waals surface area contributed by atoms with Gasteiger partial charge >= 0.3 is 0 Å². The minimum atomic E-state index is -0.190. The lowest BCUT2D eigenvalue weighted by Gasteiger charge is -2.20. The standard InChI is InChI=1S/C9H12Br3N3O/c1-9(2,3)5(14-16)4-15-7(11)6(10)13-8(15)12/h16H,4H2,1-3H3. The van der Waals surface area contributed by atoms with Crippen molar-refractivity contribution in [3.05, 3.63) is 13.9 Å². The minimum Gasteiger partial charge on any atom is -0.411 e. The molecule has 1 heterocycles. The number of aromatic nitrogens is 2. The van der Waals surface area contributed by atoms with Crippen molar-refractivity contribution in [1.82, 2.24) is 9.55 Å². The zero-order valence-corrected chi connectivity index (χ0v) is 13.9. The average molecular weight is 418 g/mol. The molecule has 0 fully saturated rings. The van der Waals surface area contributed by atoms with Crippen molar-refractivity contribution in [3.63, 3.8) is 0 Å². The Morgan fingerprint density at radius 2 is 1.94 bits per heavy atom. The fourth-order valence-electron chi connectivity index (χ4n) is 1.08. The van der Waals surface area contributed by atoms with Crippen LogP contribution in [0.4, 0.5) is 0 Å². The van der Waals surface area contributed by atoms with E-state index in [0.717, 1.165) is 4.60 Å². The second-order valence-corrected chi connectivity index (χ2v) is 6.56. The third kappa shape index (κ3) is 3.07. The van der Waals surface area contributed by atoms with Gasteiger partial charge in [-0.15, -0.1) is 0 Å². The molecule has 0 amide bonds. The highest BCUT2D eigenvalue weighted by molar-refractivity contribution is 9.13. The zero-order chi connectivity index (χ0) is 12.5. The SMILES string of the molecule is CC(C)(C)C(Cn1c(Br)nc(Br)c1Br)=NO. The molecule has 7 heteroatoms. The summed E-state index contributed by atoms with van der Waals surface area (Å²) in [5.74, 6) is 0. The van der Waals surface area contributed by atoms with Crippen LogP contribution < -0.4 is 0 Å². The Kier molecular flexibility index (Phi) is 4.59. The second-order valence-electron chi connectivity index (χ2n) is 4.35. The Balaban J connectivity index is 3.05. The molecule has 0 aliphatic heterocycles. The fourth-order valence-corrected chi connectivity index (χ4v) is 2.80. The van der Waals surface area contributed by atoms with Crippen LogP contribution in [0.15, 0.2) is 19.1 Å². The Morgan fingerprint density at radius 3 is 2.25 bits per heavy atom. The molecule has 0 aliphatic carbocycles. The molecule has 16 heavy (non-hydrogen) atoms. The number of hydrogen-bond acceptors (Lipinski definition) is 3. The molecule has 0 spiro atoms. The number of nitrogens with zero attached hydrogens (tertiary/aromatic N) is 3. The lowest BCUT2D eigenvalue weighted by Crippen LogP contribution is -2.25. The van der Waals surface area contributed by atoms with E-state index in [0.29, 0.717) is 21.6 Å². The Bertz CT molecular complexity index is 420. The maximum Gasteiger partial charge on any atom is 0.179 e. The van der Waals surface area contributed by atoms with Gasteiger partial charge in [0.25, 0.3) is 0 Å². The van der Waals surface area contributed by atoms with Crippen LogP contribution in [-0.2, 0) is 6.54 Å². The third-order valence-electron chi connectivity index (χ3n) is 2.11. The van der Waals surface area contributed by atoms with E-state index in [2.05, 4.69) is 57.9 Å². The van der Waals surface area contributed by atoms with E-state index in [4.69, 9.17) is 5.21 Å². The second kappa shape index (κ2) is 5.18. The van der Waals surface area contributed by atoms with Crippen LogP contribution in [0, 0.1) is 5.41 Å². The largest absolute Gasteiger partial charge is 0.411 e. The first-order valence-corrected chi connectivity index (χ1v) is 6.93. The molecule has 1 aromatic rings. The van der Waals surface area contributed by atoms with Gasteiger partial charge in [0.2, 0.25) is 0 Å². The molecule has 90 valence electrons. The molecule has 1 N–H and O–H groups in total. The average Bonchev–Trinajstić information content (AvgIpc) is 2.37. The molecular weight excluding hydrogens is 406 g/mol. The summed E-state index contributed by atoms with van der Waals surface area (Å²) in [6.07, 6.45) is 0. The van der Waals surface area contributed by atoms with Crippen molar-refractivity contribution in [3.8, 4) is 0 Å². The lowest BCUT2D eigenvalue weighted by molar-refractivity contribution is 0.307. The van der Waals surface area contributed by atoms with Crippen molar-refractivity contribution in [2.24, 2.45) is 10.6 Å². The smallest absolute Gasteiger partial charge is 0.179 e. The summed E-state index contributed by atoms with van der Waals surface area (Å²) in [5.41, 5.74) is 0.489. The third-order valence-corrected chi connectivity index (χ3v) is 4.61. The molecule has 0 aromatic carbocycles. The molecule has 1 aromatic heterocycles. The number of hydrogen-bond donors (Lipinski definition) is 1. The molecule has 0 saturated heterocycles. The van der Waals surface area contributed by atoms with E-state index in [1.165, 1.54) is 0 Å². The Labute approximate surface area is 120 Å². The summed E-state index contributed by atoms with van der Waals surface area (Å²) in [7, 11) is 0. The van der Waals surface area contributed by atoms with Gasteiger partial charge in [-0.25, -0.2) is 4.98 Å². The topological polar surface area (TPSA) is 50.4 Å².